The molecule has 1 amide bonds. The molecule has 0 aromatic heterocycles. The summed E-state index contributed by atoms with van der Waals surface area (Å²) in [5.41, 5.74) is 0.211. The minimum Gasteiger partial charge on any atom is -0.497 e. The molecule has 0 unspecified atom stereocenters. The number of nitrogens with zero attached hydrogens (tertiary/aromatic N) is 2. The summed E-state index contributed by atoms with van der Waals surface area (Å²) in [4.78, 5) is 15.3. The van der Waals surface area contributed by atoms with E-state index >= 15 is 0 Å². The fraction of sp³-hybridized carbons (Fsp3) is 0.345. The van der Waals surface area contributed by atoms with Gasteiger partial charge in [0.05, 0.1) is 41.7 Å². The minimum atomic E-state index is -4.00. The predicted octanol–water partition coefficient (Wildman–Crippen LogP) is 3.04. The Labute approximate surface area is 246 Å². The number of anilines is 1. The van der Waals surface area contributed by atoms with Crippen molar-refractivity contribution < 1.29 is 36.2 Å². The predicted molar refractivity (Wildman–Crippen MR) is 158 cm³/mol. The lowest BCUT2D eigenvalue weighted by atomic mass is 9.99. The molecule has 42 heavy (non-hydrogen) atoms. The number of benzene rings is 3. The number of nitrogens with one attached hydrogen (secondary N) is 1. The summed E-state index contributed by atoms with van der Waals surface area (Å²) in [6.07, 6.45) is -0.671. The first-order valence-electron chi connectivity index (χ1n) is 13.3. The van der Waals surface area contributed by atoms with Crippen LogP contribution in [0.1, 0.15) is 24.2 Å². The van der Waals surface area contributed by atoms with Gasteiger partial charge in [0.2, 0.25) is 10.0 Å². The Bertz CT molecular complexity index is 1610. The number of hydrogen-bond acceptors (Lipinski definition) is 8. The van der Waals surface area contributed by atoms with Gasteiger partial charge in [-0.15, -0.1) is 0 Å². The smallest absolute Gasteiger partial charge is 0.261 e. The molecular weight excluding hydrogens is 582 g/mol. The number of amides is 1. The second-order valence-corrected chi connectivity index (χ2v) is 13.9. The molecule has 11 nitrogen and oxygen atoms in total. The quantitative estimate of drug-likeness (QED) is 0.354. The van der Waals surface area contributed by atoms with E-state index in [9.17, 15) is 26.7 Å². The highest BCUT2D eigenvalue weighted by molar-refractivity contribution is 7.92. The molecular formula is C29H35N3O8S2. The molecule has 1 aliphatic rings. The van der Waals surface area contributed by atoms with Gasteiger partial charge in [-0.2, -0.15) is 4.31 Å². The molecule has 13 heteroatoms. The molecule has 3 aromatic carbocycles. The van der Waals surface area contributed by atoms with Crippen LogP contribution in [-0.4, -0.2) is 83.1 Å². The zero-order valence-electron chi connectivity index (χ0n) is 23.8. The highest BCUT2D eigenvalue weighted by atomic mass is 32.2. The highest BCUT2D eigenvalue weighted by Gasteiger charge is 2.35. The van der Waals surface area contributed by atoms with Crippen LogP contribution in [0.4, 0.5) is 5.69 Å². The fourth-order valence-electron chi connectivity index (χ4n) is 4.60. The van der Waals surface area contributed by atoms with Crippen molar-refractivity contribution in [1.82, 2.24) is 9.21 Å². The van der Waals surface area contributed by atoms with Gasteiger partial charge in [0, 0.05) is 25.2 Å². The topological polar surface area (TPSA) is 143 Å². The first kappa shape index (κ1) is 31.3. The number of likely N-dealkylation sites (N-methyl/N-ethyl adjacent to an activating group) is 1. The molecule has 3 aromatic rings. The molecule has 0 radical (unpaired) electrons. The van der Waals surface area contributed by atoms with Gasteiger partial charge >= 0.3 is 0 Å². The summed E-state index contributed by atoms with van der Waals surface area (Å²) in [5.74, 6) is -0.100. The van der Waals surface area contributed by atoms with Crippen molar-refractivity contribution in [2.75, 3.05) is 38.6 Å². The van der Waals surface area contributed by atoms with E-state index in [4.69, 9.17) is 9.47 Å². The zero-order valence-corrected chi connectivity index (χ0v) is 25.4. The molecule has 0 bridgehead atoms. The Morgan fingerprint density at radius 3 is 2.33 bits per heavy atom. The van der Waals surface area contributed by atoms with Crippen LogP contribution in [0.3, 0.4) is 0 Å². The van der Waals surface area contributed by atoms with Crippen LogP contribution in [0, 0.1) is 5.92 Å². The lowest BCUT2D eigenvalue weighted by Crippen LogP contribution is -2.50. The Morgan fingerprint density at radius 1 is 1.05 bits per heavy atom. The van der Waals surface area contributed by atoms with E-state index in [1.165, 1.54) is 78.0 Å². The molecule has 2 N–H and O–H groups in total. The van der Waals surface area contributed by atoms with E-state index < -0.39 is 38.1 Å². The Morgan fingerprint density at radius 2 is 1.71 bits per heavy atom. The van der Waals surface area contributed by atoms with Gasteiger partial charge in [-0.05, 0) is 61.5 Å². The number of sulfonamides is 2. The largest absolute Gasteiger partial charge is 0.497 e. The maximum atomic E-state index is 13.7. The average Bonchev–Trinajstić information content (AvgIpc) is 2.99. The second kappa shape index (κ2) is 12.7. The number of hydrogen-bond donors (Lipinski definition) is 2. The van der Waals surface area contributed by atoms with Crippen LogP contribution in [0.5, 0.6) is 11.5 Å². The normalized spacial score (nSPS) is 18.4. The van der Waals surface area contributed by atoms with Crippen LogP contribution in [-0.2, 0) is 20.0 Å². The molecule has 4 rings (SSSR count). The number of aliphatic hydroxyl groups excluding tert-OH is 1. The van der Waals surface area contributed by atoms with E-state index in [2.05, 4.69) is 4.72 Å². The van der Waals surface area contributed by atoms with Gasteiger partial charge < -0.3 is 19.5 Å². The van der Waals surface area contributed by atoms with Gasteiger partial charge in [0.1, 0.15) is 17.6 Å². The Kier molecular flexibility index (Phi) is 9.46. The van der Waals surface area contributed by atoms with Gasteiger partial charge in [0.15, 0.2) is 0 Å². The molecule has 0 spiro atoms. The van der Waals surface area contributed by atoms with E-state index in [0.29, 0.717) is 5.75 Å². The van der Waals surface area contributed by atoms with E-state index in [0.717, 1.165) is 0 Å². The minimum absolute atomic E-state index is 0.00435. The summed E-state index contributed by atoms with van der Waals surface area (Å²) in [6.45, 7) is 3.40. The molecule has 0 fully saturated rings. The summed E-state index contributed by atoms with van der Waals surface area (Å²) in [6, 6.07) is 17.7. The lowest BCUT2D eigenvalue weighted by Gasteiger charge is -2.38. The molecule has 1 aliphatic heterocycles. The van der Waals surface area contributed by atoms with Crippen LogP contribution < -0.4 is 14.2 Å². The highest BCUT2D eigenvalue weighted by Crippen LogP contribution is 2.32. The molecule has 3 atom stereocenters. The second-order valence-electron chi connectivity index (χ2n) is 10.2. The number of aliphatic hydroxyl groups is 1. The van der Waals surface area contributed by atoms with Crippen molar-refractivity contribution in [3.05, 3.63) is 78.4 Å². The van der Waals surface area contributed by atoms with Crippen molar-refractivity contribution in [3.8, 4) is 11.5 Å². The lowest BCUT2D eigenvalue weighted by molar-refractivity contribution is 0.0387. The summed E-state index contributed by atoms with van der Waals surface area (Å²) < 4.78 is 67.6. The third-order valence-corrected chi connectivity index (χ3v) is 10.4. The van der Waals surface area contributed by atoms with Crippen molar-refractivity contribution in [3.63, 3.8) is 0 Å². The Hall–Kier alpha value is -3.65. The van der Waals surface area contributed by atoms with Crippen molar-refractivity contribution in [2.45, 2.75) is 35.8 Å². The van der Waals surface area contributed by atoms with Gasteiger partial charge in [-0.25, -0.2) is 16.8 Å². The number of carbonyl (C=O) groups is 1. The van der Waals surface area contributed by atoms with Crippen molar-refractivity contribution in [1.29, 1.82) is 0 Å². The monoisotopic (exact) mass is 617 g/mol. The standard InChI is InChI=1S/C29H35N3O8S2/c1-20-17-32(21(2)19-33)29(34)26-16-22(30-41(35,36)24-13-11-23(39-4)12-14-24)10-15-27(26)40-28(20)18-31(3)42(37,38)25-8-6-5-7-9-25/h5-16,20-21,28,30,33H,17-19H2,1-4H3/t20-,21+,28-/m0/s1. The van der Waals surface area contributed by atoms with Crippen LogP contribution >= 0.6 is 0 Å². The summed E-state index contributed by atoms with van der Waals surface area (Å²) >= 11 is 0. The number of carbonyl (C=O) groups excluding carboxylic acids is 1. The fourth-order valence-corrected chi connectivity index (χ4v) is 6.85. The number of ether oxygens (including phenoxy) is 2. The number of fused-ring (bicyclic) bond motifs is 1. The van der Waals surface area contributed by atoms with Crippen molar-refractivity contribution >= 4 is 31.6 Å². The van der Waals surface area contributed by atoms with Crippen LogP contribution in [0.2, 0.25) is 0 Å². The van der Waals surface area contributed by atoms with Gasteiger partial charge in [-0.3, -0.25) is 9.52 Å². The molecule has 0 saturated heterocycles. The SMILES string of the molecule is COc1ccc(S(=O)(=O)Nc2ccc3c(c2)C(=O)N([C@H](C)CO)C[C@H](C)[C@H](CN(C)S(=O)(=O)c2ccccc2)O3)cc1. The first-order valence-corrected chi connectivity index (χ1v) is 16.2. The third kappa shape index (κ3) is 6.70. The summed E-state index contributed by atoms with van der Waals surface area (Å²) in [5, 5.41) is 9.90. The van der Waals surface area contributed by atoms with Crippen molar-refractivity contribution in [2.24, 2.45) is 5.92 Å². The molecule has 1 heterocycles. The average molecular weight is 618 g/mol. The Balaban J connectivity index is 1.67. The number of rotatable bonds is 10. The molecule has 0 aliphatic carbocycles. The zero-order chi connectivity index (χ0) is 30.7. The van der Waals surface area contributed by atoms with Gasteiger partial charge in [-0.1, -0.05) is 25.1 Å². The summed E-state index contributed by atoms with van der Waals surface area (Å²) in [7, 11) is -4.87. The first-order chi connectivity index (χ1) is 19.9. The third-order valence-electron chi connectivity index (χ3n) is 7.18. The number of methoxy groups -OCH3 is 1. The van der Waals surface area contributed by atoms with Crippen LogP contribution in [0.15, 0.2) is 82.6 Å². The van der Waals surface area contributed by atoms with E-state index in [-0.39, 0.29) is 52.4 Å². The maximum Gasteiger partial charge on any atom is 0.261 e. The van der Waals surface area contributed by atoms with E-state index in [1.807, 2.05) is 6.92 Å². The molecule has 226 valence electrons. The van der Waals surface area contributed by atoms with Crippen LogP contribution in [0.25, 0.3) is 0 Å². The maximum absolute atomic E-state index is 13.7. The van der Waals surface area contributed by atoms with E-state index in [1.54, 1.807) is 25.1 Å². The van der Waals surface area contributed by atoms with Gasteiger partial charge in [0.25, 0.3) is 15.9 Å². The molecule has 0 saturated carbocycles.